The second kappa shape index (κ2) is 7.07. The molecule has 0 fully saturated rings. The Morgan fingerprint density at radius 1 is 1.32 bits per heavy atom. The van der Waals surface area contributed by atoms with Crippen molar-refractivity contribution in [3.05, 3.63) is 46.2 Å². The van der Waals surface area contributed by atoms with E-state index in [2.05, 4.69) is 32.9 Å². The van der Waals surface area contributed by atoms with E-state index in [4.69, 9.17) is 11.6 Å². The van der Waals surface area contributed by atoms with Gasteiger partial charge >= 0.3 is 0 Å². The molecule has 0 spiro atoms. The number of nitrogens with zero attached hydrogens (tertiary/aromatic N) is 3. The van der Waals surface area contributed by atoms with Crippen LogP contribution in [0.15, 0.2) is 29.2 Å². The minimum Gasteiger partial charge on any atom is -0.297 e. The van der Waals surface area contributed by atoms with E-state index in [1.54, 1.807) is 14.0 Å². The third-order valence-electron chi connectivity index (χ3n) is 4.47. The van der Waals surface area contributed by atoms with Gasteiger partial charge in [-0.3, -0.25) is 9.58 Å². The average Bonchev–Trinajstić information content (AvgIpc) is 2.79. The van der Waals surface area contributed by atoms with Gasteiger partial charge in [-0.15, -0.1) is 0 Å². The number of hydrogen-bond acceptors (Lipinski definition) is 4. The van der Waals surface area contributed by atoms with E-state index in [-0.39, 0.29) is 16.1 Å². The highest BCUT2D eigenvalue weighted by Gasteiger charge is 2.27. The van der Waals surface area contributed by atoms with Gasteiger partial charge in [-0.25, -0.2) is 13.1 Å². The lowest BCUT2D eigenvalue weighted by Crippen LogP contribution is -2.43. The van der Waals surface area contributed by atoms with Crippen LogP contribution in [0, 0.1) is 6.92 Å². The van der Waals surface area contributed by atoms with Crippen LogP contribution in [-0.2, 0) is 30.0 Å². The van der Waals surface area contributed by atoms with Crippen LogP contribution in [0.5, 0.6) is 0 Å². The van der Waals surface area contributed by atoms with Gasteiger partial charge in [-0.05, 0) is 31.4 Å². The molecule has 1 aromatic heterocycles. The molecule has 136 valence electrons. The number of aromatic nitrogens is 2. The second-order valence-corrected chi connectivity index (χ2v) is 8.61. The number of benzene rings is 1. The standard InChI is InChI=1S/C17H23ClN4O2S/c1-12(10-22-9-8-14-6-4-5-7-15(14)11-22)20-25(23,24)16-13(2)19-21(3)17(16)18/h4-7,12,20H,8-11H2,1-3H3/t12-/m0/s1. The van der Waals surface area contributed by atoms with Gasteiger partial charge in [0.1, 0.15) is 10.0 Å². The van der Waals surface area contributed by atoms with E-state index in [1.165, 1.54) is 15.8 Å². The Balaban J connectivity index is 1.67. The minimum absolute atomic E-state index is 0.0625. The molecule has 8 heteroatoms. The average molecular weight is 383 g/mol. The Kier molecular flexibility index (Phi) is 5.20. The number of hydrogen-bond donors (Lipinski definition) is 1. The van der Waals surface area contributed by atoms with Gasteiger partial charge in [0.2, 0.25) is 10.0 Å². The van der Waals surface area contributed by atoms with Gasteiger partial charge in [-0.2, -0.15) is 5.10 Å². The first-order chi connectivity index (χ1) is 11.8. The molecule has 25 heavy (non-hydrogen) atoms. The fourth-order valence-corrected chi connectivity index (χ4v) is 5.36. The van der Waals surface area contributed by atoms with Crippen molar-refractivity contribution in [1.82, 2.24) is 19.4 Å². The number of fused-ring (bicyclic) bond motifs is 1. The molecule has 6 nitrogen and oxygen atoms in total. The Labute approximate surface area is 153 Å². The SMILES string of the molecule is Cc1nn(C)c(Cl)c1S(=O)(=O)N[C@@H](C)CN1CCc2ccccc2C1. The Bertz CT molecular complexity index is 879. The van der Waals surface area contributed by atoms with Gasteiger partial charge in [0.15, 0.2) is 0 Å². The summed E-state index contributed by atoms with van der Waals surface area (Å²) in [6.07, 6.45) is 0.989. The first kappa shape index (κ1) is 18.4. The third kappa shape index (κ3) is 3.89. The molecule has 3 rings (SSSR count). The van der Waals surface area contributed by atoms with Crippen molar-refractivity contribution in [2.75, 3.05) is 13.1 Å². The number of aryl methyl sites for hydroxylation is 2. The van der Waals surface area contributed by atoms with Crippen LogP contribution in [0.3, 0.4) is 0 Å². The highest BCUT2D eigenvalue weighted by Crippen LogP contribution is 2.24. The van der Waals surface area contributed by atoms with Gasteiger partial charge in [-0.1, -0.05) is 35.9 Å². The lowest BCUT2D eigenvalue weighted by molar-refractivity contribution is 0.237. The van der Waals surface area contributed by atoms with E-state index in [1.807, 2.05) is 13.0 Å². The molecule has 0 unspecified atom stereocenters. The largest absolute Gasteiger partial charge is 0.297 e. The van der Waals surface area contributed by atoms with Crippen molar-refractivity contribution in [3.8, 4) is 0 Å². The van der Waals surface area contributed by atoms with E-state index in [0.717, 1.165) is 19.5 Å². The Morgan fingerprint density at radius 2 is 2.00 bits per heavy atom. The summed E-state index contributed by atoms with van der Waals surface area (Å²) in [7, 11) is -2.08. The second-order valence-electron chi connectivity index (χ2n) is 6.61. The first-order valence-corrected chi connectivity index (χ1v) is 10.1. The molecule has 1 aliphatic rings. The quantitative estimate of drug-likeness (QED) is 0.860. The lowest BCUT2D eigenvalue weighted by atomic mass is 10.00. The smallest absolute Gasteiger partial charge is 0.245 e. The molecule has 1 atom stereocenters. The molecule has 0 bridgehead atoms. The summed E-state index contributed by atoms with van der Waals surface area (Å²) in [6, 6.07) is 8.17. The van der Waals surface area contributed by atoms with Crippen LogP contribution in [0.25, 0.3) is 0 Å². The monoisotopic (exact) mass is 382 g/mol. The predicted octanol–water partition coefficient (Wildman–Crippen LogP) is 2.11. The maximum absolute atomic E-state index is 12.7. The van der Waals surface area contributed by atoms with Gasteiger partial charge in [0.05, 0.1) is 5.69 Å². The molecular weight excluding hydrogens is 360 g/mol. The topological polar surface area (TPSA) is 67.2 Å². The van der Waals surface area contributed by atoms with Crippen molar-refractivity contribution >= 4 is 21.6 Å². The fraction of sp³-hybridized carbons (Fsp3) is 0.471. The van der Waals surface area contributed by atoms with Crippen molar-refractivity contribution < 1.29 is 8.42 Å². The zero-order valence-electron chi connectivity index (χ0n) is 14.7. The zero-order chi connectivity index (χ0) is 18.2. The lowest BCUT2D eigenvalue weighted by Gasteiger charge is -2.31. The first-order valence-electron chi connectivity index (χ1n) is 8.28. The van der Waals surface area contributed by atoms with E-state index >= 15 is 0 Å². The predicted molar refractivity (Wildman–Crippen MR) is 98.2 cm³/mol. The van der Waals surface area contributed by atoms with Gasteiger partial charge < -0.3 is 0 Å². The van der Waals surface area contributed by atoms with Crippen LogP contribution in [0.1, 0.15) is 23.7 Å². The minimum atomic E-state index is -3.70. The third-order valence-corrected chi connectivity index (χ3v) is 6.75. The number of rotatable bonds is 5. The molecule has 0 saturated heterocycles. The van der Waals surface area contributed by atoms with E-state index in [0.29, 0.717) is 12.2 Å². The van der Waals surface area contributed by atoms with Crippen molar-refractivity contribution in [2.24, 2.45) is 7.05 Å². The van der Waals surface area contributed by atoms with E-state index in [9.17, 15) is 8.42 Å². The maximum atomic E-state index is 12.7. The van der Waals surface area contributed by atoms with E-state index < -0.39 is 10.0 Å². The highest BCUT2D eigenvalue weighted by molar-refractivity contribution is 7.89. The molecule has 1 N–H and O–H groups in total. The molecule has 1 aromatic carbocycles. The Hall–Kier alpha value is -1.41. The molecule has 0 amide bonds. The van der Waals surface area contributed by atoms with Gasteiger partial charge in [0, 0.05) is 32.7 Å². The zero-order valence-corrected chi connectivity index (χ0v) is 16.2. The van der Waals surface area contributed by atoms with Gasteiger partial charge in [0.25, 0.3) is 0 Å². The Morgan fingerprint density at radius 3 is 2.64 bits per heavy atom. The molecule has 0 aliphatic carbocycles. The van der Waals surface area contributed by atoms with Crippen molar-refractivity contribution in [2.45, 2.75) is 37.8 Å². The molecule has 0 radical (unpaired) electrons. The van der Waals surface area contributed by atoms with Crippen molar-refractivity contribution in [1.29, 1.82) is 0 Å². The summed E-state index contributed by atoms with van der Waals surface area (Å²) in [4.78, 5) is 2.33. The van der Waals surface area contributed by atoms with Crippen LogP contribution >= 0.6 is 11.6 Å². The maximum Gasteiger partial charge on any atom is 0.245 e. The van der Waals surface area contributed by atoms with Crippen LogP contribution < -0.4 is 4.72 Å². The van der Waals surface area contributed by atoms with Crippen molar-refractivity contribution in [3.63, 3.8) is 0 Å². The molecular formula is C17H23ClN4O2S. The molecule has 1 aliphatic heterocycles. The number of halogens is 1. The van der Waals surface area contributed by atoms with Crippen LogP contribution in [0.4, 0.5) is 0 Å². The summed E-state index contributed by atoms with van der Waals surface area (Å²) in [5.74, 6) is 0. The summed E-state index contributed by atoms with van der Waals surface area (Å²) in [5, 5.41) is 4.21. The van der Waals surface area contributed by atoms with Crippen LogP contribution in [0.2, 0.25) is 5.15 Å². The molecule has 2 aromatic rings. The molecule has 0 saturated carbocycles. The normalized spacial score (nSPS) is 16.6. The summed E-state index contributed by atoms with van der Waals surface area (Å²) < 4.78 is 29.4. The fourth-order valence-electron chi connectivity index (χ4n) is 3.37. The highest BCUT2D eigenvalue weighted by atomic mass is 35.5. The van der Waals surface area contributed by atoms with Crippen LogP contribution in [-0.4, -0.2) is 42.2 Å². The number of nitrogens with one attached hydrogen (secondary N) is 1. The number of sulfonamides is 1. The summed E-state index contributed by atoms with van der Waals surface area (Å²) in [6.45, 7) is 5.93. The summed E-state index contributed by atoms with van der Waals surface area (Å²) in [5.41, 5.74) is 3.10. The summed E-state index contributed by atoms with van der Waals surface area (Å²) >= 11 is 6.10. The molecule has 2 heterocycles.